The van der Waals surface area contributed by atoms with E-state index < -0.39 is 6.09 Å². The Kier molecular flexibility index (Phi) is 2.83. The van der Waals surface area contributed by atoms with Crippen molar-refractivity contribution in [3.63, 3.8) is 0 Å². The van der Waals surface area contributed by atoms with Crippen molar-refractivity contribution in [1.82, 2.24) is 19.9 Å². The molecule has 6 nitrogen and oxygen atoms in total. The number of piperidine rings is 1. The summed E-state index contributed by atoms with van der Waals surface area (Å²) in [5.74, 6) is 0.988. The summed E-state index contributed by atoms with van der Waals surface area (Å²) in [7, 11) is 0. The van der Waals surface area contributed by atoms with Crippen LogP contribution in [0.15, 0.2) is 12.5 Å². The number of carboxylic acid groups (broad SMARTS) is 1. The Bertz CT molecular complexity index is 684. The predicted molar refractivity (Wildman–Crippen MR) is 77.4 cm³/mol. The van der Waals surface area contributed by atoms with Crippen LogP contribution in [-0.2, 0) is 0 Å². The van der Waals surface area contributed by atoms with E-state index in [1.54, 1.807) is 6.33 Å². The van der Waals surface area contributed by atoms with Gasteiger partial charge in [0.05, 0.1) is 5.69 Å². The average Bonchev–Trinajstić information content (AvgIpc) is 3.26. The molecule has 2 N–H and O–H groups in total. The van der Waals surface area contributed by atoms with Crippen LogP contribution in [0.4, 0.5) is 4.79 Å². The van der Waals surface area contributed by atoms with Crippen LogP contribution in [0.1, 0.15) is 48.8 Å². The van der Waals surface area contributed by atoms with Crippen molar-refractivity contribution in [2.75, 3.05) is 13.1 Å². The van der Waals surface area contributed by atoms with Gasteiger partial charge in [-0.15, -0.1) is 0 Å². The standard InChI is InChI=1S/C15H18N4O2/c20-15(21)19-5-3-10(4-6-19)13-12-11(9-1-2-9)7-16-14(12)18-8-17-13/h7-10H,1-6H2,(H,20,21)(H,16,17,18). The maximum atomic E-state index is 11.0. The van der Waals surface area contributed by atoms with Gasteiger partial charge in [0.25, 0.3) is 0 Å². The van der Waals surface area contributed by atoms with Crippen LogP contribution in [0, 0.1) is 0 Å². The maximum absolute atomic E-state index is 11.0. The minimum atomic E-state index is -0.818. The summed E-state index contributed by atoms with van der Waals surface area (Å²) in [5, 5.41) is 10.2. The van der Waals surface area contributed by atoms with E-state index in [1.165, 1.54) is 28.7 Å². The van der Waals surface area contributed by atoms with Crippen molar-refractivity contribution >= 4 is 17.1 Å². The summed E-state index contributed by atoms with van der Waals surface area (Å²) in [4.78, 5) is 24.7. The molecule has 0 spiro atoms. The van der Waals surface area contributed by atoms with Crippen LogP contribution in [0.3, 0.4) is 0 Å². The van der Waals surface area contributed by atoms with Crippen molar-refractivity contribution in [3.05, 3.63) is 23.8 Å². The average molecular weight is 286 g/mol. The molecular weight excluding hydrogens is 268 g/mol. The highest BCUT2D eigenvalue weighted by molar-refractivity contribution is 5.83. The number of rotatable bonds is 2. The van der Waals surface area contributed by atoms with Crippen molar-refractivity contribution in [1.29, 1.82) is 0 Å². The van der Waals surface area contributed by atoms with Crippen LogP contribution in [0.25, 0.3) is 11.0 Å². The highest BCUT2D eigenvalue weighted by Crippen LogP contribution is 2.45. The second-order valence-electron chi connectivity index (χ2n) is 6.04. The van der Waals surface area contributed by atoms with Gasteiger partial charge in [-0.05, 0) is 37.2 Å². The number of H-pyrrole nitrogens is 1. The quantitative estimate of drug-likeness (QED) is 0.889. The Balaban J connectivity index is 1.67. The van der Waals surface area contributed by atoms with Crippen molar-refractivity contribution in [2.24, 2.45) is 0 Å². The van der Waals surface area contributed by atoms with E-state index in [1.807, 2.05) is 0 Å². The number of hydrogen-bond donors (Lipinski definition) is 2. The monoisotopic (exact) mass is 286 g/mol. The number of nitrogens with one attached hydrogen (secondary N) is 1. The minimum Gasteiger partial charge on any atom is -0.465 e. The normalized spacial score (nSPS) is 20.1. The first-order valence-corrected chi connectivity index (χ1v) is 7.54. The summed E-state index contributed by atoms with van der Waals surface area (Å²) in [5.41, 5.74) is 3.37. The molecule has 0 aromatic carbocycles. The van der Waals surface area contributed by atoms with Gasteiger partial charge in [0.2, 0.25) is 0 Å². The lowest BCUT2D eigenvalue weighted by atomic mass is 9.90. The number of aromatic nitrogens is 3. The lowest BCUT2D eigenvalue weighted by Crippen LogP contribution is -2.37. The third-order valence-corrected chi connectivity index (χ3v) is 4.70. The Hall–Kier alpha value is -2.11. The van der Waals surface area contributed by atoms with E-state index in [4.69, 9.17) is 5.11 Å². The fourth-order valence-corrected chi connectivity index (χ4v) is 3.38. The van der Waals surface area contributed by atoms with Crippen molar-refractivity contribution in [2.45, 2.75) is 37.5 Å². The van der Waals surface area contributed by atoms with Gasteiger partial charge in [-0.25, -0.2) is 14.8 Å². The zero-order chi connectivity index (χ0) is 14.4. The third-order valence-electron chi connectivity index (χ3n) is 4.70. The number of aromatic amines is 1. The highest BCUT2D eigenvalue weighted by atomic mass is 16.4. The molecule has 1 saturated carbocycles. The van der Waals surface area contributed by atoms with E-state index in [-0.39, 0.29) is 0 Å². The smallest absolute Gasteiger partial charge is 0.407 e. The Labute approximate surface area is 122 Å². The zero-order valence-electron chi connectivity index (χ0n) is 11.7. The van der Waals surface area contributed by atoms with Crippen molar-refractivity contribution in [3.8, 4) is 0 Å². The van der Waals surface area contributed by atoms with Gasteiger partial charge < -0.3 is 15.0 Å². The second-order valence-corrected chi connectivity index (χ2v) is 6.04. The van der Waals surface area contributed by atoms with E-state index in [9.17, 15) is 4.79 Å². The van der Waals surface area contributed by atoms with Gasteiger partial charge >= 0.3 is 6.09 Å². The molecular formula is C15H18N4O2. The van der Waals surface area contributed by atoms with Gasteiger partial charge in [-0.2, -0.15) is 0 Å². The molecule has 110 valence electrons. The van der Waals surface area contributed by atoms with Crippen LogP contribution in [0.2, 0.25) is 0 Å². The van der Waals surface area contributed by atoms with Gasteiger partial charge in [0.1, 0.15) is 12.0 Å². The molecule has 1 aliphatic carbocycles. The molecule has 2 fully saturated rings. The summed E-state index contributed by atoms with van der Waals surface area (Å²) in [6.45, 7) is 1.18. The topological polar surface area (TPSA) is 82.1 Å². The van der Waals surface area contributed by atoms with E-state index in [2.05, 4.69) is 21.1 Å². The second kappa shape index (κ2) is 4.72. The number of fused-ring (bicyclic) bond motifs is 1. The lowest BCUT2D eigenvalue weighted by Gasteiger charge is -2.29. The van der Waals surface area contributed by atoms with E-state index in [0.717, 1.165) is 24.2 Å². The molecule has 0 bridgehead atoms. The molecule has 2 aliphatic rings. The van der Waals surface area contributed by atoms with Gasteiger partial charge in [0.15, 0.2) is 0 Å². The van der Waals surface area contributed by atoms with Crippen LogP contribution in [0.5, 0.6) is 0 Å². The molecule has 1 saturated heterocycles. The van der Waals surface area contributed by atoms with Gasteiger partial charge in [-0.3, -0.25) is 0 Å². The minimum absolute atomic E-state index is 0.333. The number of likely N-dealkylation sites (tertiary alicyclic amines) is 1. The molecule has 2 aromatic rings. The molecule has 2 aromatic heterocycles. The lowest BCUT2D eigenvalue weighted by molar-refractivity contribution is 0.132. The fourth-order valence-electron chi connectivity index (χ4n) is 3.38. The number of hydrogen-bond acceptors (Lipinski definition) is 3. The highest BCUT2D eigenvalue weighted by Gasteiger charge is 2.31. The molecule has 1 aliphatic heterocycles. The van der Waals surface area contributed by atoms with Gasteiger partial charge in [-0.1, -0.05) is 0 Å². The molecule has 4 rings (SSSR count). The largest absolute Gasteiger partial charge is 0.465 e. The molecule has 1 amide bonds. The summed E-state index contributed by atoms with van der Waals surface area (Å²) in [6, 6.07) is 0. The van der Waals surface area contributed by atoms with E-state index >= 15 is 0 Å². The number of amides is 1. The zero-order valence-corrected chi connectivity index (χ0v) is 11.7. The number of carbonyl (C=O) groups is 1. The van der Waals surface area contributed by atoms with Crippen LogP contribution >= 0.6 is 0 Å². The Morgan fingerprint density at radius 1 is 1.19 bits per heavy atom. The third kappa shape index (κ3) is 2.14. The van der Waals surface area contributed by atoms with Crippen LogP contribution in [-0.4, -0.2) is 44.1 Å². The molecule has 3 heterocycles. The SMILES string of the molecule is O=C(O)N1CCC(c2ncnc3[nH]cc(C4CC4)c23)CC1. The Morgan fingerprint density at radius 3 is 2.62 bits per heavy atom. The summed E-state index contributed by atoms with van der Waals surface area (Å²) >= 11 is 0. The molecule has 0 radical (unpaired) electrons. The fraction of sp³-hybridized carbons (Fsp3) is 0.533. The first-order valence-electron chi connectivity index (χ1n) is 7.54. The molecule has 0 unspecified atom stereocenters. The Morgan fingerprint density at radius 2 is 1.95 bits per heavy atom. The van der Waals surface area contributed by atoms with Crippen LogP contribution < -0.4 is 0 Å². The first kappa shape index (κ1) is 12.6. The summed E-state index contributed by atoms with van der Waals surface area (Å²) in [6.07, 6.45) is 7.06. The van der Waals surface area contributed by atoms with Gasteiger partial charge in [0, 0.05) is 30.6 Å². The van der Waals surface area contributed by atoms with Crippen molar-refractivity contribution < 1.29 is 9.90 Å². The molecule has 0 atom stereocenters. The summed E-state index contributed by atoms with van der Waals surface area (Å²) < 4.78 is 0. The predicted octanol–water partition coefficient (Wildman–Crippen LogP) is 2.69. The first-order chi connectivity index (χ1) is 10.2. The number of nitrogens with zero attached hydrogens (tertiary/aromatic N) is 3. The maximum Gasteiger partial charge on any atom is 0.407 e. The molecule has 21 heavy (non-hydrogen) atoms. The molecule has 6 heteroatoms. The van der Waals surface area contributed by atoms with E-state index in [0.29, 0.717) is 24.9 Å².